The van der Waals surface area contributed by atoms with E-state index in [9.17, 15) is 4.79 Å². The smallest absolute Gasteiger partial charge is 0.331 e. The SMILES string of the molecule is BOC=N[C@@H](CSCC=C)C(=O)OC. The Morgan fingerprint density at radius 1 is 1.79 bits per heavy atom. The lowest BCUT2D eigenvalue weighted by atomic mass is 10.4. The Bertz CT molecular complexity index is 211. The first-order chi connectivity index (χ1) is 6.76. The van der Waals surface area contributed by atoms with Crippen LogP contribution < -0.4 is 0 Å². The Labute approximate surface area is 89.2 Å². The third kappa shape index (κ3) is 5.69. The zero-order valence-electron chi connectivity index (χ0n) is 8.43. The van der Waals surface area contributed by atoms with Gasteiger partial charge in [0.15, 0.2) is 12.4 Å². The van der Waals surface area contributed by atoms with Gasteiger partial charge in [-0.05, 0) is 0 Å². The van der Waals surface area contributed by atoms with Gasteiger partial charge >= 0.3 is 14.0 Å². The maximum atomic E-state index is 11.2. The molecule has 0 saturated carbocycles. The summed E-state index contributed by atoms with van der Waals surface area (Å²) in [6.07, 6.45) is 3.02. The van der Waals surface area contributed by atoms with Gasteiger partial charge in [-0.1, -0.05) is 6.08 Å². The molecule has 0 aromatic carbocycles. The Hall–Kier alpha value is -0.905. The molecule has 0 fully saturated rings. The average Bonchev–Trinajstić information content (AvgIpc) is 2.22. The molecule has 0 aliphatic rings. The first kappa shape index (κ1) is 13.1. The Morgan fingerprint density at radius 2 is 2.50 bits per heavy atom. The lowest BCUT2D eigenvalue weighted by Gasteiger charge is -2.08. The van der Waals surface area contributed by atoms with Crippen LogP contribution in [-0.4, -0.2) is 45.1 Å². The Balaban J connectivity index is 4.03. The minimum absolute atomic E-state index is 0.352. The number of thioether (sulfide) groups is 1. The fourth-order valence-electron chi connectivity index (χ4n) is 0.705. The molecule has 1 atom stereocenters. The minimum atomic E-state index is -0.495. The highest BCUT2D eigenvalue weighted by atomic mass is 32.2. The highest BCUT2D eigenvalue weighted by Crippen LogP contribution is 2.07. The molecule has 0 amide bonds. The predicted octanol–water partition coefficient (Wildman–Crippen LogP) is 0.0402. The van der Waals surface area contributed by atoms with Gasteiger partial charge in [0.1, 0.15) is 0 Å². The highest BCUT2D eigenvalue weighted by Gasteiger charge is 2.16. The van der Waals surface area contributed by atoms with Crippen molar-refractivity contribution < 1.29 is 14.2 Å². The summed E-state index contributed by atoms with van der Waals surface area (Å²) in [7, 11) is 2.82. The summed E-state index contributed by atoms with van der Waals surface area (Å²) >= 11 is 1.57. The van der Waals surface area contributed by atoms with E-state index in [-0.39, 0.29) is 5.97 Å². The molecule has 0 saturated heterocycles. The molecule has 0 bridgehead atoms. The van der Waals surface area contributed by atoms with Crippen molar-refractivity contribution in [3.8, 4) is 0 Å². The number of carbonyl (C=O) groups excluding carboxylic acids is 1. The summed E-state index contributed by atoms with van der Waals surface area (Å²) in [5, 5.41) is 0. The molecule has 4 nitrogen and oxygen atoms in total. The van der Waals surface area contributed by atoms with Crippen LogP contribution in [0.2, 0.25) is 0 Å². The second-order valence-electron chi connectivity index (χ2n) is 2.36. The molecule has 0 unspecified atom stereocenters. The van der Waals surface area contributed by atoms with E-state index >= 15 is 0 Å². The van der Waals surface area contributed by atoms with Gasteiger partial charge in [0.25, 0.3) is 0 Å². The lowest BCUT2D eigenvalue weighted by Crippen LogP contribution is -2.23. The topological polar surface area (TPSA) is 47.9 Å². The van der Waals surface area contributed by atoms with Crippen molar-refractivity contribution in [3.05, 3.63) is 12.7 Å². The zero-order valence-corrected chi connectivity index (χ0v) is 9.25. The van der Waals surface area contributed by atoms with Gasteiger partial charge in [-0.2, -0.15) is 11.8 Å². The number of nitrogens with zero attached hydrogens (tertiary/aromatic N) is 1. The maximum absolute atomic E-state index is 11.2. The van der Waals surface area contributed by atoms with E-state index in [0.717, 1.165) is 5.75 Å². The van der Waals surface area contributed by atoms with Crippen molar-refractivity contribution in [2.45, 2.75) is 6.04 Å². The van der Waals surface area contributed by atoms with Crippen LogP contribution in [0.1, 0.15) is 0 Å². The molecule has 6 heteroatoms. The van der Waals surface area contributed by atoms with Gasteiger partial charge in [0.2, 0.25) is 0 Å². The minimum Gasteiger partial charge on any atom is -0.560 e. The summed E-state index contributed by atoms with van der Waals surface area (Å²) in [6.45, 7) is 3.58. The number of hydrogen-bond donors (Lipinski definition) is 0. The second kappa shape index (κ2) is 8.68. The fraction of sp³-hybridized carbons (Fsp3) is 0.500. The number of carbonyl (C=O) groups is 1. The fourth-order valence-corrected chi connectivity index (χ4v) is 1.45. The number of esters is 1. The Kier molecular flexibility index (Phi) is 8.12. The molecular weight excluding hydrogens is 201 g/mol. The normalized spacial score (nSPS) is 12.4. The van der Waals surface area contributed by atoms with E-state index < -0.39 is 6.04 Å². The second-order valence-corrected chi connectivity index (χ2v) is 3.43. The van der Waals surface area contributed by atoms with Crippen LogP contribution >= 0.6 is 11.8 Å². The maximum Gasteiger partial charge on any atom is 0.331 e. The van der Waals surface area contributed by atoms with E-state index in [2.05, 4.69) is 21.0 Å². The van der Waals surface area contributed by atoms with Gasteiger partial charge < -0.3 is 9.39 Å². The standard InChI is InChI=1S/C8H14BNO3S/c1-3-4-14-5-7(8(11)12-2)10-6-13-9/h3,6-7H,1,4-5,9H2,2H3/t7-/m0/s1. The van der Waals surface area contributed by atoms with Crippen LogP contribution in [0.4, 0.5) is 0 Å². The van der Waals surface area contributed by atoms with Crippen molar-refractivity contribution in [1.29, 1.82) is 0 Å². The summed E-state index contributed by atoms with van der Waals surface area (Å²) in [4.78, 5) is 15.1. The molecule has 0 rings (SSSR count). The van der Waals surface area contributed by atoms with Crippen LogP contribution in [0.15, 0.2) is 17.6 Å². The number of aliphatic imine (C=N–C) groups is 1. The summed E-state index contributed by atoms with van der Waals surface area (Å²) in [6, 6.07) is -0.495. The molecular formula is C8H14BNO3S. The van der Waals surface area contributed by atoms with Crippen LogP contribution in [-0.2, 0) is 14.2 Å². The van der Waals surface area contributed by atoms with E-state index in [1.54, 1.807) is 17.8 Å². The molecule has 0 N–H and O–H groups in total. The van der Waals surface area contributed by atoms with Crippen LogP contribution in [0.25, 0.3) is 0 Å². The monoisotopic (exact) mass is 215 g/mol. The molecule has 0 radical (unpaired) electrons. The van der Waals surface area contributed by atoms with Crippen molar-refractivity contribution >= 4 is 32.2 Å². The first-order valence-corrected chi connectivity index (χ1v) is 5.22. The summed E-state index contributed by atoms with van der Waals surface area (Å²) in [5.74, 6) is 1.00. The van der Waals surface area contributed by atoms with Crippen molar-refractivity contribution in [2.75, 3.05) is 18.6 Å². The molecule has 0 aromatic rings. The van der Waals surface area contributed by atoms with Gasteiger partial charge in [-0.25, -0.2) is 9.79 Å². The molecule has 0 aromatic heterocycles. The van der Waals surface area contributed by atoms with Gasteiger partial charge in [-0.15, -0.1) is 6.58 Å². The van der Waals surface area contributed by atoms with E-state index in [0.29, 0.717) is 5.75 Å². The number of ether oxygens (including phenoxy) is 1. The number of hydrogen-bond acceptors (Lipinski definition) is 5. The largest absolute Gasteiger partial charge is 0.560 e. The van der Waals surface area contributed by atoms with Crippen molar-refractivity contribution in [2.24, 2.45) is 4.99 Å². The van der Waals surface area contributed by atoms with Crippen molar-refractivity contribution in [3.63, 3.8) is 0 Å². The van der Waals surface area contributed by atoms with E-state index in [1.165, 1.54) is 21.6 Å². The van der Waals surface area contributed by atoms with Gasteiger partial charge in [0.05, 0.1) is 7.11 Å². The van der Waals surface area contributed by atoms with Crippen LogP contribution in [0.5, 0.6) is 0 Å². The average molecular weight is 215 g/mol. The first-order valence-electron chi connectivity index (χ1n) is 4.07. The summed E-state index contributed by atoms with van der Waals surface area (Å²) < 4.78 is 9.24. The molecule has 14 heavy (non-hydrogen) atoms. The predicted molar refractivity (Wildman–Crippen MR) is 61.4 cm³/mol. The van der Waals surface area contributed by atoms with E-state index in [1.807, 2.05) is 0 Å². The highest BCUT2D eigenvalue weighted by molar-refractivity contribution is 7.99. The van der Waals surface area contributed by atoms with Crippen molar-refractivity contribution in [1.82, 2.24) is 0 Å². The number of methoxy groups -OCH3 is 1. The number of rotatable bonds is 7. The molecule has 0 aliphatic heterocycles. The molecule has 78 valence electrons. The van der Waals surface area contributed by atoms with E-state index in [4.69, 9.17) is 0 Å². The zero-order chi connectivity index (χ0) is 10.8. The third-order valence-corrected chi connectivity index (χ3v) is 2.35. The quantitative estimate of drug-likeness (QED) is 0.150. The summed E-state index contributed by atoms with van der Waals surface area (Å²) in [5.41, 5.74) is 0. The third-order valence-electron chi connectivity index (χ3n) is 1.33. The molecule has 0 heterocycles. The Morgan fingerprint density at radius 3 is 3.00 bits per heavy atom. The van der Waals surface area contributed by atoms with Gasteiger partial charge in [0, 0.05) is 11.5 Å². The molecule has 0 aliphatic carbocycles. The lowest BCUT2D eigenvalue weighted by molar-refractivity contribution is -0.141. The van der Waals surface area contributed by atoms with Crippen LogP contribution in [0, 0.1) is 0 Å². The molecule has 0 spiro atoms. The van der Waals surface area contributed by atoms with Gasteiger partial charge in [-0.3, -0.25) is 0 Å². The van der Waals surface area contributed by atoms with Crippen LogP contribution in [0.3, 0.4) is 0 Å².